The van der Waals surface area contributed by atoms with E-state index in [9.17, 15) is 9.59 Å². The second-order valence-electron chi connectivity index (χ2n) is 3.34. The van der Waals surface area contributed by atoms with Crippen LogP contribution >= 0.6 is 0 Å². The average Bonchev–Trinajstić information content (AvgIpc) is 2.33. The first-order chi connectivity index (χ1) is 5.46. The minimum Gasteiger partial charge on any atom is -0.481 e. The van der Waals surface area contributed by atoms with Crippen molar-refractivity contribution in [2.45, 2.75) is 19.4 Å². The van der Waals surface area contributed by atoms with E-state index in [-0.39, 0.29) is 13.0 Å². The number of carbonyl (C=O) groups is 2. The molecule has 1 saturated heterocycles. The summed E-state index contributed by atoms with van der Waals surface area (Å²) in [7, 11) is 0. The summed E-state index contributed by atoms with van der Waals surface area (Å²) in [5.74, 6) is -1.93. The fraction of sp³-hybridized carbons (Fsp3) is 0.714. The van der Waals surface area contributed by atoms with Gasteiger partial charge in [0.1, 0.15) is 6.04 Å². The molecule has 1 aliphatic rings. The molecule has 0 aromatic heterocycles. The van der Waals surface area contributed by atoms with Crippen molar-refractivity contribution < 1.29 is 19.8 Å². The van der Waals surface area contributed by atoms with Gasteiger partial charge in [-0.25, -0.2) is 0 Å². The maximum absolute atomic E-state index is 10.7. The van der Waals surface area contributed by atoms with E-state index in [1.807, 2.05) is 0 Å². The van der Waals surface area contributed by atoms with E-state index in [4.69, 9.17) is 10.2 Å². The lowest BCUT2D eigenvalue weighted by atomic mass is 9.88. The van der Waals surface area contributed by atoms with Crippen molar-refractivity contribution in [3.8, 4) is 0 Å². The highest BCUT2D eigenvalue weighted by Gasteiger charge is 2.43. The topological polar surface area (TPSA) is 86.6 Å². The van der Waals surface area contributed by atoms with E-state index >= 15 is 0 Å². The summed E-state index contributed by atoms with van der Waals surface area (Å²) in [6.07, 6.45) is 0.150. The lowest BCUT2D eigenvalue weighted by Crippen LogP contribution is -2.30. The van der Waals surface area contributed by atoms with E-state index in [2.05, 4.69) is 5.32 Å². The fourth-order valence-electron chi connectivity index (χ4n) is 1.28. The number of hydrogen-bond donors (Lipinski definition) is 3. The van der Waals surface area contributed by atoms with Crippen LogP contribution in [-0.2, 0) is 9.59 Å². The summed E-state index contributed by atoms with van der Waals surface area (Å²) >= 11 is 0. The number of rotatable bonds is 2. The average molecular weight is 173 g/mol. The van der Waals surface area contributed by atoms with Gasteiger partial charge in [-0.2, -0.15) is 0 Å². The quantitative estimate of drug-likeness (QED) is 0.525. The third-order valence-corrected chi connectivity index (χ3v) is 2.21. The second-order valence-corrected chi connectivity index (χ2v) is 3.34. The van der Waals surface area contributed by atoms with Crippen LogP contribution in [0.3, 0.4) is 0 Å². The van der Waals surface area contributed by atoms with Crippen molar-refractivity contribution in [2.75, 3.05) is 6.54 Å². The van der Waals surface area contributed by atoms with Gasteiger partial charge in [-0.05, 0) is 13.3 Å². The molecule has 0 aromatic carbocycles. The molecule has 0 aliphatic carbocycles. The number of aliphatic carboxylic acids is 2. The Hall–Kier alpha value is -1.10. The Labute approximate surface area is 69.4 Å². The van der Waals surface area contributed by atoms with Crippen LogP contribution in [-0.4, -0.2) is 34.7 Å². The third kappa shape index (κ3) is 1.40. The van der Waals surface area contributed by atoms with Gasteiger partial charge in [0.2, 0.25) is 0 Å². The molecule has 5 heteroatoms. The first kappa shape index (κ1) is 8.99. The highest BCUT2D eigenvalue weighted by Crippen LogP contribution is 2.28. The molecule has 1 aliphatic heterocycles. The van der Waals surface area contributed by atoms with Crippen LogP contribution in [0.15, 0.2) is 0 Å². The Morgan fingerprint density at radius 2 is 2.08 bits per heavy atom. The van der Waals surface area contributed by atoms with Gasteiger partial charge < -0.3 is 15.5 Å². The van der Waals surface area contributed by atoms with Crippen LogP contribution < -0.4 is 5.32 Å². The van der Waals surface area contributed by atoms with Crippen molar-refractivity contribution in [2.24, 2.45) is 5.41 Å². The molecule has 0 unspecified atom stereocenters. The Balaban J connectivity index is 2.67. The number of carboxylic acid groups (broad SMARTS) is 2. The van der Waals surface area contributed by atoms with Crippen molar-refractivity contribution >= 4 is 11.9 Å². The number of carboxylic acids is 2. The largest absolute Gasteiger partial charge is 0.481 e. The molecule has 68 valence electrons. The smallest absolute Gasteiger partial charge is 0.320 e. The van der Waals surface area contributed by atoms with Crippen molar-refractivity contribution in [1.82, 2.24) is 5.32 Å². The zero-order valence-corrected chi connectivity index (χ0v) is 6.70. The normalized spacial score (nSPS) is 34.9. The Kier molecular flexibility index (Phi) is 2.06. The summed E-state index contributed by atoms with van der Waals surface area (Å²) < 4.78 is 0. The van der Waals surface area contributed by atoms with Gasteiger partial charge >= 0.3 is 11.9 Å². The molecular formula is C7H11NO4. The molecule has 0 radical (unpaired) electrons. The lowest BCUT2D eigenvalue weighted by Gasteiger charge is -2.15. The second kappa shape index (κ2) is 2.75. The van der Waals surface area contributed by atoms with E-state index in [0.717, 1.165) is 0 Å². The molecule has 2 atom stereocenters. The summed E-state index contributed by atoms with van der Waals surface area (Å²) in [6.45, 7) is 1.77. The van der Waals surface area contributed by atoms with Crippen molar-refractivity contribution in [3.63, 3.8) is 0 Å². The van der Waals surface area contributed by atoms with Gasteiger partial charge in [-0.1, -0.05) is 0 Å². The monoisotopic (exact) mass is 173 g/mol. The van der Waals surface area contributed by atoms with E-state index in [0.29, 0.717) is 0 Å². The molecule has 0 saturated carbocycles. The van der Waals surface area contributed by atoms with Crippen LogP contribution in [0.25, 0.3) is 0 Å². The molecule has 1 heterocycles. The molecule has 3 N–H and O–H groups in total. The molecule has 1 rings (SSSR count). The molecule has 5 nitrogen and oxygen atoms in total. The minimum absolute atomic E-state index is 0.150. The first-order valence-corrected chi connectivity index (χ1v) is 3.65. The summed E-state index contributed by atoms with van der Waals surface area (Å²) in [4.78, 5) is 21.1. The SMILES string of the molecule is C[C@@]1(C(=O)O)CN[C@H](C(=O)O)C1. The number of hydrogen-bond acceptors (Lipinski definition) is 3. The van der Waals surface area contributed by atoms with Gasteiger partial charge in [0.05, 0.1) is 5.41 Å². The van der Waals surface area contributed by atoms with E-state index < -0.39 is 23.4 Å². The molecule has 1 fully saturated rings. The summed E-state index contributed by atoms with van der Waals surface area (Å²) in [5.41, 5.74) is -0.928. The van der Waals surface area contributed by atoms with Gasteiger partial charge in [-0.15, -0.1) is 0 Å². The van der Waals surface area contributed by atoms with Crippen LogP contribution in [0.2, 0.25) is 0 Å². The predicted octanol–water partition coefficient (Wildman–Crippen LogP) is -0.476. The summed E-state index contributed by atoms with van der Waals surface area (Å²) in [6, 6.07) is -0.717. The van der Waals surface area contributed by atoms with Crippen LogP contribution in [0.1, 0.15) is 13.3 Å². The Morgan fingerprint density at radius 1 is 1.50 bits per heavy atom. The van der Waals surface area contributed by atoms with Crippen LogP contribution in [0.5, 0.6) is 0 Å². The summed E-state index contributed by atoms with van der Waals surface area (Å²) in [5, 5.41) is 20.0. The van der Waals surface area contributed by atoms with Gasteiger partial charge in [-0.3, -0.25) is 9.59 Å². The Morgan fingerprint density at radius 3 is 2.33 bits per heavy atom. The van der Waals surface area contributed by atoms with Crippen molar-refractivity contribution in [1.29, 1.82) is 0 Å². The fourth-order valence-corrected chi connectivity index (χ4v) is 1.28. The molecule has 0 amide bonds. The minimum atomic E-state index is -0.986. The molecule has 12 heavy (non-hydrogen) atoms. The highest BCUT2D eigenvalue weighted by atomic mass is 16.4. The van der Waals surface area contributed by atoms with Crippen LogP contribution in [0, 0.1) is 5.41 Å². The maximum Gasteiger partial charge on any atom is 0.320 e. The van der Waals surface area contributed by atoms with Gasteiger partial charge in [0, 0.05) is 6.54 Å². The van der Waals surface area contributed by atoms with Gasteiger partial charge in [0.25, 0.3) is 0 Å². The van der Waals surface area contributed by atoms with Gasteiger partial charge in [0.15, 0.2) is 0 Å². The molecule has 0 aromatic rings. The van der Waals surface area contributed by atoms with Crippen LogP contribution in [0.4, 0.5) is 0 Å². The molecular weight excluding hydrogens is 162 g/mol. The van der Waals surface area contributed by atoms with Crippen molar-refractivity contribution in [3.05, 3.63) is 0 Å². The molecule has 0 bridgehead atoms. The zero-order valence-electron chi connectivity index (χ0n) is 6.70. The predicted molar refractivity (Wildman–Crippen MR) is 39.8 cm³/mol. The zero-order chi connectivity index (χ0) is 9.35. The maximum atomic E-state index is 10.7. The first-order valence-electron chi connectivity index (χ1n) is 3.65. The highest BCUT2D eigenvalue weighted by molar-refractivity contribution is 5.80. The molecule has 0 spiro atoms. The van der Waals surface area contributed by atoms with E-state index in [1.165, 1.54) is 0 Å². The Bertz CT molecular complexity index is 227. The van der Waals surface area contributed by atoms with E-state index in [1.54, 1.807) is 6.92 Å². The third-order valence-electron chi connectivity index (χ3n) is 2.21. The number of nitrogens with one attached hydrogen (secondary N) is 1. The standard InChI is InChI=1S/C7H11NO4/c1-7(6(11)12)2-4(5(9)10)8-3-7/h4,8H,2-3H2,1H3,(H,9,10)(H,11,12)/t4-,7-/m0/s1. The lowest BCUT2D eigenvalue weighted by molar-refractivity contribution is -0.147.